The molecule has 204 valence electrons. The Morgan fingerprint density at radius 2 is 1.81 bits per heavy atom. The second kappa shape index (κ2) is 12.2. The number of nitrogens with zero attached hydrogens (tertiary/aromatic N) is 1. The van der Waals surface area contributed by atoms with Crippen molar-refractivity contribution in [1.29, 1.82) is 0 Å². The number of hydrogen-bond acceptors (Lipinski definition) is 5. The molecule has 1 aromatic carbocycles. The summed E-state index contributed by atoms with van der Waals surface area (Å²) in [5.41, 5.74) is 2.68. The van der Waals surface area contributed by atoms with Gasteiger partial charge in [-0.3, -0.25) is 9.59 Å². The molecule has 2 amide bonds. The second-order valence-electron chi connectivity index (χ2n) is 11.4. The van der Waals surface area contributed by atoms with Crippen LogP contribution in [0, 0.1) is 5.92 Å². The number of piperidine rings is 1. The van der Waals surface area contributed by atoms with E-state index < -0.39 is 29.4 Å². The zero-order chi connectivity index (χ0) is 26.6. The van der Waals surface area contributed by atoms with Crippen molar-refractivity contribution >= 4 is 36.1 Å². The van der Waals surface area contributed by atoms with E-state index in [1.807, 2.05) is 11.8 Å². The van der Waals surface area contributed by atoms with Crippen LogP contribution in [0.2, 0.25) is 0 Å². The Bertz CT molecular complexity index is 983. The third kappa shape index (κ3) is 6.17. The van der Waals surface area contributed by atoms with E-state index in [0.29, 0.717) is 5.92 Å². The summed E-state index contributed by atoms with van der Waals surface area (Å²) in [6.07, 6.45) is 11.8. The number of amides is 2. The van der Waals surface area contributed by atoms with E-state index in [1.165, 1.54) is 57.4 Å². The first-order valence-corrected chi connectivity index (χ1v) is 14.6. The van der Waals surface area contributed by atoms with Crippen LogP contribution in [-0.4, -0.2) is 53.3 Å². The van der Waals surface area contributed by atoms with E-state index in [1.54, 1.807) is 0 Å². The van der Waals surface area contributed by atoms with Crippen molar-refractivity contribution in [2.75, 3.05) is 18.0 Å². The van der Waals surface area contributed by atoms with Crippen molar-refractivity contribution in [2.45, 2.75) is 107 Å². The number of nitrogens with one attached hydrogen (secondary N) is 2. The molecule has 1 saturated heterocycles. The number of carbonyl (C=O) groups is 3. The maximum absolute atomic E-state index is 14.3. The van der Waals surface area contributed by atoms with Gasteiger partial charge in [-0.1, -0.05) is 64.0 Å². The molecule has 3 aliphatic rings. The first-order valence-electron chi connectivity index (χ1n) is 14.1. The molecule has 2 aliphatic heterocycles. The fraction of sp³-hybridized carbons (Fsp3) is 0.690. The smallest absolute Gasteiger partial charge is 0.326 e. The van der Waals surface area contributed by atoms with Crippen LogP contribution in [-0.2, 0) is 26.2 Å². The Hall–Kier alpha value is -2.06. The summed E-state index contributed by atoms with van der Waals surface area (Å²) in [5, 5.41) is 15.4. The van der Waals surface area contributed by atoms with Crippen LogP contribution in [0.5, 0.6) is 0 Å². The Morgan fingerprint density at radius 3 is 2.41 bits per heavy atom. The molecule has 1 spiro atoms. The predicted molar refractivity (Wildman–Crippen MR) is 149 cm³/mol. The Kier molecular flexibility index (Phi) is 9.22. The molecule has 2 unspecified atom stereocenters. The molecule has 2 heterocycles. The number of hydrogen-bond donors (Lipinski definition) is 4. The lowest BCUT2D eigenvalue weighted by molar-refractivity contribution is -0.142. The van der Waals surface area contributed by atoms with Gasteiger partial charge in [0.2, 0.25) is 11.8 Å². The highest BCUT2D eigenvalue weighted by molar-refractivity contribution is 7.81. The molecule has 2 fully saturated rings. The van der Waals surface area contributed by atoms with Gasteiger partial charge >= 0.3 is 5.97 Å². The lowest BCUT2D eigenvalue weighted by atomic mass is 9.73. The average Bonchev–Trinajstić information content (AvgIpc) is 3.05. The van der Waals surface area contributed by atoms with E-state index >= 15 is 0 Å². The number of fused-ring (bicyclic) bond motifs is 2. The molecule has 1 aromatic rings. The Labute approximate surface area is 226 Å². The van der Waals surface area contributed by atoms with E-state index in [4.69, 9.17) is 12.6 Å². The maximum atomic E-state index is 14.3. The number of anilines is 1. The summed E-state index contributed by atoms with van der Waals surface area (Å²) < 4.78 is 0. The number of carbonyl (C=O) groups excluding carboxylic acids is 2. The van der Waals surface area contributed by atoms with Crippen LogP contribution in [0.3, 0.4) is 0 Å². The molecule has 3 N–H and O–H groups in total. The third-order valence-electron chi connectivity index (χ3n) is 8.71. The number of aliphatic carboxylic acids is 1. The fourth-order valence-electron chi connectivity index (χ4n) is 6.73. The predicted octanol–water partition coefficient (Wildman–Crippen LogP) is 4.22. The van der Waals surface area contributed by atoms with Gasteiger partial charge in [0.25, 0.3) is 0 Å². The first-order chi connectivity index (χ1) is 17.7. The number of rotatable bonds is 8. The van der Waals surface area contributed by atoms with E-state index in [0.717, 1.165) is 43.6 Å². The summed E-state index contributed by atoms with van der Waals surface area (Å²) in [4.78, 5) is 39.7. The molecule has 37 heavy (non-hydrogen) atoms. The highest BCUT2D eigenvalue weighted by atomic mass is 32.1. The minimum atomic E-state index is -1.10. The van der Waals surface area contributed by atoms with Crippen LogP contribution in [0.4, 0.5) is 5.69 Å². The summed E-state index contributed by atoms with van der Waals surface area (Å²) in [7, 11) is 0. The topological polar surface area (TPSA) is 98.7 Å². The normalized spacial score (nSPS) is 22.6. The lowest BCUT2D eigenvalue weighted by Crippen LogP contribution is -2.54. The van der Waals surface area contributed by atoms with Gasteiger partial charge < -0.3 is 20.6 Å². The van der Waals surface area contributed by atoms with Gasteiger partial charge in [0, 0.05) is 24.3 Å². The quantitative estimate of drug-likeness (QED) is 0.378. The van der Waals surface area contributed by atoms with Gasteiger partial charge in [0.1, 0.15) is 6.04 Å². The second-order valence-corrected chi connectivity index (χ2v) is 12.2. The fourth-order valence-corrected chi connectivity index (χ4v) is 6.98. The molecule has 1 aliphatic carbocycles. The lowest BCUT2D eigenvalue weighted by Gasteiger charge is -2.37. The van der Waals surface area contributed by atoms with Crippen LogP contribution in [0.1, 0.15) is 89.2 Å². The molecule has 4 rings (SSSR count). The number of benzene rings is 1. The van der Waals surface area contributed by atoms with Crippen LogP contribution < -0.4 is 15.5 Å². The zero-order valence-corrected chi connectivity index (χ0v) is 23.2. The monoisotopic (exact) mass is 529 g/mol. The molecule has 0 aromatic heterocycles. The van der Waals surface area contributed by atoms with Crippen LogP contribution in [0.25, 0.3) is 0 Å². The van der Waals surface area contributed by atoms with Crippen molar-refractivity contribution in [1.82, 2.24) is 10.6 Å². The summed E-state index contributed by atoms with van der Waals surface area (Å²) in [6.45, 7) is 4.75. The van der Waals surface area contributed by atoms with Gasteiger partial charge in [-0.25, -0.2) is 4.79 Å². The van der Waals surface area contributed by atoms with Gasteiger partial charge in [0.05, 0.1) is 11.5 Å². The first kappa shape index (κ1) is 28.0. The van der Waals surface area contributed by atoms with Crippen molar-refractivity contribution in [3.05, 3.63) is 29.3 Å². The molecule has 7 nitrogen and oxygen atoms in total. The van der Waals surface area contributed by atoms with E-state index in [2.05, 4.69) is 28.8 Å². The summed E-state index contributed by atoms with van der Waals surface area (Å²) in [5.74, 6) is -0.772. The molecular weight excluding hydrogens is 486 g/mol. The van der Waals surface area contributed by atoms with Gasteiger partial charge in [0.15, 0.2) is 0 Å². The molecule has 1 saturated carbocycles. The minimum Gasteiger partial charge on any atom is -0.480 e. The average molecular weight is 530 g/mol. The Morgan fingerprint density at radius 1 is 1.16 bits per heavy atom. The molecule has 0 bridgehead atoms. The van der Waals surface area contributed by atoms with Gasteiger partial charge in [-0.05, 0) is 55.5 Å². The van der Waals surface area contributed by atoms with Crippen molar-refractivity contribution in [3.63, 3.8) is 0 Å². The maximum Gasteiger partial charge on any atom is 0.326 e. The molecule has 3 atom stereocenters. The number of carboxylic acid groups (broad SMARTS) is 1. The van der Waals surface area contributed by atoms with Crippen molar-refractivity contribution in [2.24, 2.45) is 5.92 Å². The molecule has 8 heteroatoms. The van der Waals surface area contributed by atoms with Crippen molar-refractivity contribution < 1.29 is 19.5 Å². The van der Waals surface area contributed by atoms with Gasteiger partial charge in [-0.2, -0.15) is 12.6 Å². The van der Waals surface area contributed by atoms with E-state index in [-0.39, 0.29) is 17.6 Å². The van der Waals surface area contributed by atoms with Crippen LogP contribution in [0.15, 0.2) is 18.2 Å². The molecule has 0 radical (unpaired) electrons. The van der Waals surface area contributed by atoms with Gasteiger partial charge in [-0.15, -0.1) is 0 Å². The zero-order valence-electron chi connectivity index (χ0n) is 22.3. The molecular formula is C29H43N3O4S. The number of carboxylic acids is 1. The standard InChI is InChI=1S/C29H43N3O4S/c1-19(37)26(18-24(27(34)35)31-20(2)33)32-25-11-10-22(16-21-8-6-4-3-5-7-9-21)17-23(25)29(28(32)36)12-14-30-15-13-29/h10-11,17,19,21,24,26,30,37H,3-9,12-16,18H2,1-2H3,(H,31,33)(H,34,35)/t19?,24-,26?/m1/s1. The summed E-state index contributed by atoms with van der Waals surface area (Å²) >= 11 is 4.70. The number of thiol groups is 1. The SMILES string of the molecule is CC(=O)N[C@H](CC(C(C)S)N1C(=O)C2(CCNCC2)c2cc(CC3CCCCCCC3)ccc21)C(=O)O. The largest absolute Gasteiger partial charge is 0.480 e. The van der Waals surface area contributed by atoms with Crippen molar-refractivity contribution in [3.8, 4) is 0 Å². The minimum absolute atomic E-state index is 0.0463. The third-order valence-corrected chi connectivity index (χ3v) is 9.06. The van der Waals surface area contributed by atoms with E-state index in [9.17, 15) is 19.5 Å². The Balaban J connectivity index is 1.68. The van der Waals surface area contributed by atoms with Crippen LogP contribution >= 0.6 is 12.6 Å². The summed E-state index contributed by atoms with van der Waals surface area (Å²) in [6, 6.07) is 4.98. The highest BCUT2D eigenvalue weighted by Crippen LogP contribution is 2.49. The highest BCUT2D eigenvalue weighted by Gasteiger charge is 2.53.